The number of hydrogen-bond acceptors (Lipinski definition) is 2. The van der Waals surface area contributed by atoms with Crippen molar-refractivity contribution in [2.45, 2.75) is 6.42 Å². The second-order valence-corrected chi connectivity index (χ2v) is 3.49. The zero-order valence-corrected chi connectivity index (χ0v) is 7.93. The molecule has 0 bridgehead atoms. The van der Waals surface area contributed by atoms with Crippen LogP contribution in [-0.4, -0.2) is 12.4 Å². The van der Waals surface area contributed by atoms with E-state index < -0.39 is 0 Å². The summed E-state index contributed by atoms with van der Waals surface area (Å²) < 4.78 is 6.15. The van der Waals surface area contributed by atoms with Crippen molar-refractivity contribution in [3.8, 4) is 5.75 Å². The van der Waals surface area contributed by atoms with Crippen molar-refractivity contribution in [1.29, 1.82) is 0 Å². The first-order valence-electron chi connectivity index (χ1n) is 3.73. The fourth-order valence-corrected chi connectivity index (χ4v) is 1.84. The van der Waals surface area contributed by atoms with E-state index in [-0.39, 0.29) is 5.78 Å². The molecule has 12 heavy (non-hydrogen) atoms. The number of carbonyl (C=O) groups excluding carboxylic acids is 1. The third-order valence-electron chi connectivity index (χ3n) is 1.84. The first kappa shape index (κ1) is 7.80. The van der Waals surface area contributed by atoms with E-state index in [2.05, 4.69) is 15.9 Å². The van der Waals surface area contributed by atoms with Gasteiger partial charge >= 0.3 is 0 Å². The van der Waals surface area contributed by atoms with E-state index in [0.717, 1.165) is 4.47 Å². The predicted molar refractivity (Wildman–Crippen MR) is 48.6 cm³/mol. The largest absolute Gasteiger partial charge is 0.492 e. The van der Waals surface area contributed by atoms with Crippen molar-refractivity contribution in [2.75, 3.05) is 6.61 Å². The Balaban J connectivity index is 2.60. The molecule has 0 atom stereocenters. The topological polar surface area (TPSA) is 26.3 Å². The number of halogens is 1. The molecule has 0 N–H and O–H groups in total. The highest BCUT2D eigenvalue weighted by molar-refractivity contribution is 9.10. The molecule has 2 nitrogen and oxygen atoms in total. The lowest BCUT2D eigenvalue weighted by atomic mass is 10.1. The second-order valence-electron chi connectivity index (χ2n) is 2.63. The summed E-state index contributed by atoms with van der Waals surface area (Å²) in [5.41, 5.74) is 0.684. The van der Waals surface area contributed by atoms with Crippen LogP contribution in [0, 0.1) is 0 Å². The van der Waals surface area contributed by atoms with Crippen LogP contribution in [0.15, 0.2) is 22.7 Å². The zero-order valence-electron chi connectivity index (χ0n) is 6.34. The van der Waals surface area contributed by atoms with Gasteiger partial charge in [-0.15, -0.1) is 0 Å². The van der Waals surface area contributed by atoms with Gasteiger partial charge in [-0.1, -0.05) is 6.07 Å². The number of ether oxygens (including phenoxy) is 1. The van der Waals surface area contributed by atoms with E-state index in [9.17, 15) is 4.79 Å². The third kappa shape index (κ3) is 1.14. The lowest BCUT2D eigenvalue weighted by molar-refractivity contribution is 0.0932. The molecule has 3 heteroatoms. The van der Waals surface area contributed by atoms with Gasteiger partial charge < -0.3 is 4.74 Å². The van der Waals surface area contributed by atoms with Gasteiger partial charge in [0.2, 0.25) is 0 Å². The molecule has 62 valence electrons. The number of Topliss-reactive ketones (excluding diaryl/α,β-unsaturated/α-hetero) is 1. The highest BCUT2D eigenvalue weighted by Crippen LogP contribution is 2.30. The van der Waals surface area contributed by atoms with Gasteiger partial charge in [0.1, 0.15) is 5.75 Å². The average molecular weight is 227 g/mol. The molecule has 0 aromatic heterocycles. The maximum atomic E-state index is 11.4. The van der Waals surface area contributed by atoms with Crippen LogP contribution in [0.4, 0.5) is 0 Å². The van der Waals surface area contributed by atoms with E-state index in [1.54, 1.807) is 0 Å². The number of ketones is 1. The van der Waals surface area contributed by atoms with E-state index >= 15 is 0 Å². The Morgan fingerprint density at radius 2 is 2.25 bits per heavy atom. The number of rotatable bonds is 0. The minimum atomic E-state index is 0.156. The molecule has 2 rings (SSSR count). The molecule has 0 saturated heterocycles. The molecule has 1 aliphatic heterocycles. The number of benzene rings is 1. The van der Waals surface area contributed by atoms with Crippen LogP contribution in [0.25, 0.3) is 0 Å². The van der Waals surface area contributed by atoms with E-state index in [4.69, 9.17) is 4.74 Å². The molecule has 1 aromatic carbocycles. The fraction of sp³-hybridized carbons (Fsp3) is 0.222. The van der Waals surface area contributed by atoms with Crippen LogP contribution < -0.4 is 4.74 Å². The van der Waals surface area contributed by atoms with Crippen molar-refractivity contribution >= 4 is 21.7 Å². The van der Waals surface area contributed by atoms with Gasteiger partial charge in [0.15, 0.2) is 5.78 Å². The van der Waals surface area contributed by atoms with Crippen molar-refractivity contribution in [2.24, 2.45) is 0 Å². The quantitative estimate of drug-likeness (QED) is 0.680. The zero-order chi connectivity index (χ0) is 8.55. The van der Waals surface area contributed by atoms with E-state index in [0.29, 0.717) is 24.3 Å². The first-order valence-corrected chi connectivity index (χ1v) is 4.53. The van der Waals surface area contributed by atoms with Gasteiger partial charge in [-0.3, -0.25) is 4.79 Å². The Morgan fingerprint density at radius 3 is 3.00 bits per heavy atom. The molecule has 0 saturated carbocycles. The van der Waals surface area contributed by atoms with E-state index in [1.165, 1.54) is 0 Å². The van der Waals surface area contributed by atoms with Crippen LogP contribution in [-0.2, 0) is 0 Å². The Morgan fingerprint density at radius 1 is 1.42 bits per heavy atom. The van der Waals surface area contributed by atoms with Gasteiger partial charge in [-0.25, -0.2) is 0 Å². The van der Waals surface area contributed by atoms with Crippen LogP contribution in [0.5, 0.6) is 5.75 Å². The smallest absolute Gasteiger partial charge is 0.171 e. The van der Waals surface area contributed by atoms with Crippen molar-refractivity contribution in [3.05, 3.63) is 28.2 Å². The first-order chi connectivity index (χ1) is 5.79. The molecule has 1 heterocycles. The molecule has 0 spiro atoms. The Labute approximate surface area is 78.7 Å². The number of fused-ring (bicyclic) bond motifs is 1. The highest BCUT2D eigenvalue weighted by atomic mass is 79.9. The molecular formula is C9H7BrO2. The van der Waals surface area contributed by atoms with Gasteiger partial charge in [-0.05, 0) is 28.1 Å². The van der Waals surface area contributed by atoms with Gasteiger partial charge in [0, 0.05) is 10.9 Å². The van der Waals surface area contributed by atoms with Crippen LogP contribution in [0.3, 0.4) is 0 Å². The van der Waals surface area contributed by atoms with Crippen molar-refractivity contribution in [1.82, 2.24) is 0 Å². The van der Waals surface area contributed by atoms with Crippen LogP contribution in [0.2, 0.25) is 0 Å². The minimum Gasteiger partial charge on any atom is -0.492 e. The molecule has 0 amide bonds. The molecule has 1 aromatic rings. The lowest BCUT2D eigenvalue weighted by Crippen LogP contribution is -2.15. The second kappa shape index (κ2) is 2.90. The monoisotopic (exact) mass is 226 g/mol. The normalized spacial score (nSPS) is 15.2. The molecule has 1 aliphatic rings. The number of hydrogen-bond donors (Lipinski definition) is 0. The van der Waals surface area contributed by atoms with Gasteiger partial charge in [-0.2, -0.15) is 0 Å². The summed E-state index contributed by atoms with van der Waals surface area (Å²) in [4.78, 5) is 11.4. The summed E-state index contributed by atoms with van der Waals surface area (Å²) in [6, 6.07) is 5.53. The van der Waals surface area contributed by atoms with Crippen LogP contribution in [0.1, 0.15) is 16.8 Å². The molecule has 0 radical (unpaired) electrons. The summed E-state index contributed by atoms with van der Waals surface area (Å²) in [6.45, 7) is 0.502. The van der Waals surface area contributed by atoms with E-state index in [1.807, 2.05) is 18.2 Å². The Hall–Kier alpha value is -0.830. The molecule has 0 aliphatic carbocycles. The summed E-state index contributed by atoms with van der Waals surface area (Å²) in [5, 5.41) is 0. The average Bonchev–Trinajstić information content (AvgIpc) is 2.04. The standard InChI is InChI=1S/C9H7BrO2/c10-6-2-1-3-8-9(6)7(11)4-5-12-8/h1-3H,4-5H2. The number of carbonyl (C=O) groups is 1. The summed E-state index contributed by atoms with van der Waals surface area (Å²) in [7, 11) is 0. The summed E-state index contributed by atoms with van der Waals surface area (Å²) in [5.74, 6) is 0.851. The predicted octanol–water partition coefficient (Wildman–Crippen LogP) is 2.41. The van der Waals surface area contributed by atoms with Crippen molar-refractivity contribution in [3.63, 3.8) is 0 Å². The van der Waals surface area contributed by atoms with Gasteiger partial charge in [0.05, 0.1) is 12.2 Å². The maximum absolute atomic E-state index is 11.4. The molecule has 0 unspecified atom stereocenters. The summed E-state index contributed by atoms with van der Waals surface area (Å²) >= 11 is 3.32. The highest BCUT2D eigenvalue weighted by Gasteiger charge is 2.20. The Bertz CT molecular complexity index is 333. The Kier molecular flexibility index (Phi) is 1.89. The fourth-order valence-electron chi connectivity index (χ4n) is 1.27. The van der Waals surface area contributed by atoms with Crippen LogP contribution >= 0.6 is 15.9 Å². The van der Waals surface area contributed by atoms with Crippen molar-refractivity contribution < 1.29 is 9.53 Å². The molecular weight excluding hydrogens is 220 g/mol. The SMILES string of the molecule is O=C1CCOc2cccc(Br)c21. The maximum Gasteiger partial charge on any atom is 0.171 e. The lowest BCUT2D eigenvalue weighted by Gasteiger charge is -2.16. The molecule has 0 fully saturated rings. The summed E-state index contributed by atoms with van der Waals surface area (Å²) in [6.07, 6.45) is 0.482. The van der Waals surface area contributed by atoms with Gasteiger partial charge in [0.25, 0.3) is 0 Å². The third-order valence-corrected chi connectivity index (χ3v) is 2.50. The minimum absolute atomic E-state index is 0.156.